The highest BCUT2D eigenvalue weighted by Gasteiger charge is 2.26. The number of likely N-dealkylation sites (tertiary alicyclic amines) is 1. The van der Waals surface area contributed by atoms with Crippen molar-refractivity contribution < 1.29 is 4.79 Å². The Morgan fingerprint density at radius 2 is 2.00 bits per heavy atom. The molecule has 1 unspecified atom stereocenters. The van der Waals surface area contributed by atoms with Crippen molar-refractivity contribution in [1.82, 2.24) is 10.2 Å². The van der Waals surface area contributed by atoms with E-state index < -0.39 is 0 Å². The summed E-state index contributed by atoms with van der Waals surface area (Å²) in [5.41, 5.74) is 5.86. The molecule has 0 spiro atoms. The van der Waals surface area contributed by atoms with Crippen molar-refractivity contribution in [2.24, 2.45) is 17.6 Å². The molecule has 1 aliphatic carbocycles. The van der Waals surface area contributed by atoms with Crippen LogP contribution in [0.3, 0.4) is 0 Å². The summed E-state index contributed by atoms with van der Waals surface area (Å²) in [6, 6.07) is 0.321. The van der Waals surface area contributed by atoms with Gasteiger partial charge in [-0.1, -0.05) is 6.92 Å². The van der Waals surface area contributed by atoms with Crippen molar-refractivity contribution in [2.45, 2.75) is 45.1 Å². The van der Waals surface area contributed by atoms with Gasteiger partial charge in [0.1, 0.15) is 0 Å². The molecule has 0 aromatic rings. The van der Waals surface area contributed by atoms with Gasteiger partial charge in [0.15, 0.2) is 0 Å². The van der Waals surface area contributed by atoms with Gasteiger partial charge in [-0.05, 0) is 51.1 Å². The van der Waals surface area contributed by atoms with E-state index in [9.17, 15) is 4.79 Å². The zero-order chi connectivity index (χ0) is 13.0. The number of nitrogens with one attached hydrogen (secondary N) is 1. The molecule has 1 amide bonds. The van der Waals surface area contributed by atoms with Crippen LogP contribution in [-0.4, -0.2) is 43.0 Å². The van der Waals surface area contributed by atoms with Crippen LogP contribution in [0.25, 0.3) is 0 Å². The Balaban J connectivity index is 1.66. The van der Waals surface area contributed by atoms with Crippen LogP contribution < -0.4 is 11.1 Å². The summed E-state index contributed by atoms with van der Waals surface area (Å²) in [4.78, 5) is 14.5. The fraction of sp³-hybridized carbons (Fsp3) is 0.929. The average molecular weight is 253 g/mol. The number of hydrogen-bond donors (Lipinski definition) is 2. The van der Waals surface area contributed by atoms with E-state index in [1.807, 2.05) is 0 Å². The lowest BCUT2D eigenvalue weighted by atomic mass is 9.86. The van der Waals surface area contributed by atoms with Gasteiger partial charge in [-0.25, -0.2) is 0 Å². The molecule has 0 aromatic heterocycles. The van der Waals surface area contributed by atoms with Gasteiger partial charge in [0.05, 0.1) is 0 Å². The molecule has 2 rings (SSSR count). The molecule has 0 aromatic carbocycles. The van der Waals surface area contributed by atoms with Gasteiger partial charge in [-0.3, -0.25) is 4.79 Å². The van der Waals surface area contributed by atoms with Gasteiger partial charge in [-0.2, -0.15) is 0 Å². The third-order valence-electron chi connectivity index (χ3n) is 4.52. The topological polar surface area (TPSA) is 58.4 Å². The normalized spacial score (nSPS) is 33.6. The highest BCUT2D eigenvalue weighted by molar-refractivity contribution is 5.78. The van der Waals surface area contributed by atoms with Crippen molar-refractivity contribution in [1.29, 1.82) is 0 Å². The minimum Gasteiger partial charge on any atom is -0.356 e. The van der Waals surface area contributed by atoms with Crippen LogP contribution in [-0.2, 0) is 4.79 Å². The Bertz CT molecular complexity index is 274. The zero-order valence-corrected chi connectivity index (χ0v) is 11.5. The number of nitrogens with two attached hydrogens (primary N) is 1. The molecular weight excluding hydrogens is 226 g/mol. The molecule has 0 bridgehead atoms. The first kappa shape index (κ1) is 13.8. The van der Waals surface area contributed by atoms with E-state index in [0.717, 1.165) is 45.3 Å². The Morgan fingerprint density at radius 3 is 2.61 bits per heavy atom. The molecule has 2 fully saturated rings. The molecule has 0 radical (unpaired) electrons. The van der Waals surface area contributed by atoms with E-state index in [-0.39, 0.29) is 11.8 Å². The maximum atomic E-state index is 12.0. The fourth-order valence-corrected chi connectivity index (χ4v) is 3.14. The SMILES string of the molecule is CCN1CCC(CNC(=O)C2CCC(N)CC2)C1. The van der Waals surface area contributed by atoms with E-state index in [2.05, 4.69) is 17.1 Å². The summed E-state index contributed by atoms with van der Waals surface area (Å²) in [7, 11) is 0. The quantitative estimate of drug-likeness (QED) is 0.784. The highest BCUT2D eigenvalue weighted by Crippen LogP contribution is 2.23. The summed E-state index contributed by atoms with van der Waals surface area (Å²) in [5, 5.41) is 3.15. The Labute approximate surface area is 110 Å². The molecule has 3 N–H and O–H groups in total. The predicted octanol–water partition coefficient (Wildman–Crippen LogP) is 0.962. The number of nitrogens with zero attached hydrogens (tertiary/aromatic N) is 1. The lowest BCUT2D eigenvalue weighted by Gasteiger charge is -2.25. The lowest BCUT2D eigenvalue weighted by Crippen LogP contribution is -2.38. The van der Waals surface area contributed by atoms with Crippen LogP contribution in [0.15, 0.2) is 0 Å². The van der Waals surface area contributed by atoms with Gasteiger partial charge in [0.25, 0.3) is 0 Å². The van der Waals surface area contributed by atoms with Gasteiger partial charge in [0.2, 0.25) is 5.91 Å². The molecule has 1 heterocycles. The summed E-state index contributed by atoms with van der Waals surface area (Å²) in [5.74, 6) is 1.13. The Hall–Kier alpha value is -0.610. The molecule has 1 atom stereocenters. The Kier molecular flexibility index (Phi) is 5.01. The molecule has 18 heavy (non-hydrogen) atoms. The van der Waals surface area contributed by atoms with Crippen LogP contribution >= 0.6 is 0 Å². The molecule has 1 saturated heterocycles. The molecule has 104 valence electrons. The van der Waals surface area contributed by atoms with Crippen molar-refractivity contribution in [2.75, 3.05) is 26.2 Å². The minimum atomic E-state index is 0.216. The number of carbonyl (C=O) groups is 1. The summed E-state index contributed by atoms with van der Waals surface area (Å²) >= 11 is 0. The number of rotatable bonds is 4. The second-order valence-corrected chi connectivity index (χ2v) is 5.90. The van der Waals surface area contributed by atoms with E-state index in [4.69, 9.17) is 5.73 Å². The molecule has 4 nitrogen and oxygen atoms in total. The van der Waals surface area contributed by atoms with Crippen LogP contribution in [0.4, 0.5) is 0 Å². The first-order valence-corrected chi connectivity index (χ1v) is 7.44. The van der Waals surface area contributed by atoms with E-state index in [1.165, 1.54) is 13.0 Å². The summed E-state index contributed by atoms with van der Waals surface area (Å²) in [6.07, 6.45) is 5.18. The number of carbonyl (C=O) groups excluding carboxylic acids is 1. The van der Waals surface area contributed by atoms with Gasteiger partial charge >= 0.3 is 0 Å². The molecule has 1 saturated carbocycles. The molecule has 1 aliphatic heterocycles. The van der Waals surface area contributed by atoms with Crippen molar-refractivity contribution in [3.8, 4) is 0 Å². The third kappa shape index (κ3) is 3.69. The van der Waals surface area contributed by atoms with E-state index in [1.54, 1.807) is 0 Å². The maximum absolute atomic E-state index is 12.0. The van der Waals surface area contributed by atoms with Crippen LogP contribution in [0.2, 0.25) is 0 Å². The molecule has 4 heteroatoms. The van der Waals surface area contributed by atoms with Gasteiger partial charge in [-0.15, -0.1) is 0 Å². The summed E-state index contributed by atoms with van der Waals surface area (Å²) < 4.78 is 0. The Morgan fingerprint density at radius 1 is 1.28 bits per heavy atom. The summed E-state index contributed by atoms with van der Waals surface area (Å²) in [6.45, 7) is 6.52. The number of hydrogen-bond acceptors (Lipinski definition) is 3. The van der Waals surface area contributed by atoms with Crippen molar-refractivity contribution in [3.05, 3.63) is 0 Å². The third-order valence-corrected chi connectivity index (χ3v) is 4.52. The van der Waals surface area contributed by atoms with Crippen molar-refractivity contribution in [3.63, 3.8) is 0 Å². The smallest absolute Gasteiger partial charge is 0.223 e. The average Bonchev–Trinajstić information content (AvgIpc) is 2.85. The number of amides is 1. The zero-order valence-electron chi connectivity index (χ0n) is 11.5. The lowest BCUT2D eigenvalue weighted by molar-refractivity contribution is -0.126. The molecular formula is C14H27N3O. The second kappa shape index (κ2) is 6.53. The van der Waals surface area contributed by atoms with Gasteiger partial charge < -0.3 is 16.0 Å². The fourth-order valence-electron chi connectivity index (χ4n) is 3.14. The predicted molar refractivity (Wildman–Crippen MR) is 73.2 cm³/mol. The first-order chi connectivity index (χ1) is 8.69. The van der Waals surface area contributed by atoms with Crippen LogP contribution in [0.1, 0.15) is 39.0 Å². The van der Waals surface area contributed by atoms with Gasteiger partial charge in [0, 0.05) is 25.0 Å². The largest absolute Gasteiger partial charge is 0.356 e. The van der Waals surface area contributed by atoms with E-state index >= 15 is 0 Å². The monoisotopic (exact) mass is 253 g/mol. The highest BCUT2D eigenvalue weighted by atomic mass is 16.1. The molecule has 2 aliphatic rings. The van der Waals surface area contributed by atoms with Crippen LogP contribution in [0, 0.1) is 11.8 Å². The minimum absolute atomic E-state index is 0.216. The standard InChI is InChI=1S/C14H27N3O/c1-2-17-8-7-11(10-17)9-16-14(18)12-3-5-13(15)6-4-12/h11-13H,2-10,15H2,1H3,(H,16,18). The van der Waals surface area contributed by atoms with E-state index in [0.29, 0.717) is 12.0 Å². The second-order valence-electron chi connectivity index (χ2n) is 5.90. The first-order valence-electron chi connectivity index (χ1n) is 7.44. The maximum Gasteiger partial charge on any atom is 0.223 e. The van der Waals surface area contributed by atoms with Crippen molar-refractivity contribution >= 4 is 5.91 Å². The van der Waals surface area contributed by atoms with Crippen LogP contribution in [0.5, 0.6) is 0 Å².